The number of hydrogen-bond acceptors (Lipinski definition) is 9. The van der Waals surface area contributed by atoms with E-state index in [-0.39, 0.29) is 0 Å². The SMILES string of the molecule is c1ccc(COc2cc3nc(N4CCN(c5ccccn5)CC4)nc(NC4CCN(Cc5ccccc5)CC4)c3cc2OCc2ccccc2)cc1. The van der Waals surface area contributed by atoms with Gasteiger partial charge in [0.2, 0.25) is 5.95 Å². The van der Waals surface area contributed by atoms with Gasteiger partial charge in [0.05, 0.1) is 5.52 Å². The van der Waals surface area contributed by atoms with Crippen molar-refractivity contribution in [2.45, 2.75) is 38.6 Å². The quantitative estimate of drug-likeness (QED) is 0.140. The number of rotatable bonds is 12. The van der Waals surface area contributed by atoms with Crippen LogP contribution in [0.15, 0.2) is 128 Å². The number of ether oxygens (including phenoxy) is 2. The van der Waals surface area contributed by atoms with Gasteiger partial charge < -0.3 is 24.6 Å². The minimum absolute atomic E-state index is 0.293. The molecule has 0 bridgehead atoms. The molecule has 9 heteroatoms. The standard InChI is InChI=1S/C43H45N7O2/c1-4-12-33(13-5-1)30-48-22-19-36(20-23-48)45-42-37-28-39(51-31-34-14-6-2-7-15-34)40(52-32-35-16-8-3-9-17-35)29-38(37)46-43(47-42)50-26-24-49(25-27-50)41-18-10-11-21-44-41/h1-18,21,28-29,36H,19-20,22-27,30-32H2,(H,45,46,47). The second-order valence-electron chi connectivity index (χ2n) is 13.6. The molecule has 0 saturated carbocycles. The second kappa shape index (κ2) is 16.1. The summed E-state index contributed by atoms with van der Waals surface area (Å²) < 4.78 is 13.0. The molecule has 0 atom stereocenters. The molecule has 4 aromatic carbocycles. The van der Waals surface area contributed by atoms with Crippen LogP contribution in [-0.4, -0.2) is 65.2 Å². The van der Waals surface area contributed by atoms with Crippen molar-refractivity contribution >= 4 is 28.5 Å². The zero-order valence-corrected chi connectivity index (χ0v) is 29.5. The summed E-state index contributed by atoms with van der Waals surface area (Å²) in [6, 6.07) is 41.7. The van der Waals surface area contributed by atoms with Crippen molar-refractivity contribution in [2.24, 2.45) is 0 Å². The molecule has 2 saturated heterocycles. The number of nitrogens with one attached hydrogen (secondary N) is 1. The molecule has 6 aromatic rings. The molecule has 0 aliphatic carbocycles. The number of piperidine rings is 1. The van der Waals surface area contributed by atoms with Crippen LogP contribution >= 0.6 is 0 Å². The zero-order valence-electron chi connectivity index (χ0n) is 29.5. The van der Waals surface area contributed by atoms with Gasteiger partial charge in [0.15, 0.2) is 11.5 Å². The molecule has 2 fully saturated rings. The summed E-state index contributed by atoms with van der Waals surface area (Å²) in [5.74, 6) is 3.91. The van der Waals surface area contributed by atoms with Crippen molar-refractivity contribution in [1.29, 1.82) is 0 Å². The van der Waals surface area contributed by atoms with Crippen molar-refractivity contribution in [2.75, 3.05) is 54.4 Å². The van der Waals surface area contributed by atoms with E-state index in [1.165, 1.54) is 5.56 Å². The summed E-state index contributed by atoms with van der Waals surface area (Å²) in [4.78, 5) is 22.2. The van der Waals surface area contributed by atoms with Crippen LogP contribution in [0.2, 0.25) is 0 Å². The van der Waals surface area contributed by atoms with Gasteiger partial charge in [-0.2, -0.15) is 4.98 Å². The highest BCUT2D eigenvalue weighted by Gasteiger charge is 2.25. The molecule has 4 heterocycles. The lowest BCUT2D eigenvalue weighted by molar-refractivity contribution is 0.211. The fourth-order valence-electron chi connectivity index (χ4n) is 7.02. The van der Waals surface area contributed by atoms with Crippen LogP contribution in [0.5, 0.6) is 11.5 Å². The lowest BCUT2D eigenvalue weighted by Crippen LogP contribution is -2.47. The van der Waals surface area contributed by atoms with E-state index < -0.39 is 0 Å². The van der Waals surface area contributed by atoms with Crippen molar-refractivity contribution in [3.8, 4) is 11.5 Å². The molecule has 0 spiro atoms. The van der Waals surface area contributed by atoms with Crippen LogP contribution in [0.3, 0.4) is 0 Å². The van der Waals surface area contributed by atoms with Gasteiger partial charge in [-0.15, -0.1) is 0 Å². The Labute approximate surface area is 305 Å². The monoisotopic (exact) mass is 691 g/mol. The van der Waals surface area contributed by atoms with E-state index in [0.29, 0.717) is 30.8 Å². The van der Waals surface area contributed by atoms with Gasteiger partial charge in [0.1, 0.15) is 24.8 Å². The molecule has 52 heavy (non-hydrogen) atoms. The summed E-state index contributed by atoms with van der Waals surface area (Å²) in [5.41, 5.74) is 4.37. The number of fused-ring (bicyclic) bond motifs is 1. The predicted molar refractivity (Wildman–Crippen MR) is 208 cm³/mol. The van der Waals surface area contributed by atoms with Crippen LogP contribution in [0.1, 0.15) is 29.5 Å². The molecular weight excluding hydrogens is 647 g/mol. The average Bonchev–Trinajstić information content (AvgIpc) is 3.21. The molecule has 264 valence electrons. The van der Waals surface area contributed by atoms with E-state index in [9.17, 15) is 0 Å². The highest BCUT2D eigenvalue weighted by atomic mass is 16.5. The largest absolute Gasteiger partial charge is 0.485 e. The molecule has 2 aliphatic rings. The van der Waals surface area contributed by atoms with Gasteiger partial charge in [-0.25, -0.2) is 9.97 Å². The Balaban J connectivity index is 1.09. The number of aromatic nitrogens is 3. The molecule has 2 aromatic heterocycles. The number of likely N-dealkylation sites (tertiary alicyclic amines) is 1. The number of anilines is 3. The van der Waals surface area contributed by atoms with E-state index in [1.807, 2.05) is 60.8 Å². The van der Waals surface area contributed by atoms with E-state index >= 15 is 0 Å². The number of nitrogens with zero attached hydrogens (tertiary/aromatic N) is 6. The maximum Gasteiger partial charge on any atom is 0.228 e. The molecular formula is C43H45N7O2. The van der Waals surface area contributed by atoms with Crippen LogP contribution in [0.4, 0.5) is 17.6 Å². The zero-order chi connectivity index (χ0) is 35.0. The van der Waals surface area contributed by atoms with Crippen molar-refractivity contribution in [3.63, 3.8) is 0 Å². The minimum Gasteiger partial charge on any atom is -0.485 e. The van der Waals surface area contributed by atoms with Gasteiger partial charge in [0, 0.05) is 69.5 Å². The maximum absolute atomic E-state index is 6.50. The third-order valence-corrected chi connectivity index (χ3v) is 9.94. The predicted octanol–water partition coefficient (Wildman–Crippen LogP) is 7.59. The van der Waals surface area contributed by atoms with Crippen molar-refractivity contribution in [3.05, 3.63) is 144 Å². The topological polar surface area (TPSA) is 78.9 Å². The fraction of sp³-hybridized carbons (Fsp3) is 0.279. The minimum atomic E-state index is 0.293. The highest BCUT2D eigenvalue weighted by Crippen LogP contribution is 2.37. The van der Waals surface area contributed by atoms with Gasteiger partial charge in [0.25, 0.3) is 0 Å². The van der Waals surface area contributed by atoms with Gasteiger partial charge in [-0.05, 0) is 47.7 Å². The number of piperazine rings is 1. The summed E-state index contributed by atoms with van der Waals surface area (Å²) in [5, 5.41) is 4.81. The molecule has 2 aliphatic heterocycles. The van der Waals surface area contributed by atoms with E-state index in [4.69, 9.17) is 19.4 Å². The summed E-state index contributed by atoms with van der Waals surface area (Å²) in [6.45, 7) is 7.18. The van der Waals surface area contributed by atoms with Crippen molar-refractivity contribution in [1.82, 2.24) is 19.9 Å². The summed E-state index contributed by atoms with van der Waals surface area (Å²) >= 11 is 0. The Bertz CT molecular complexity index is 2020. The normalized spacial score (nSPS) is 15.5. The van der Waals surface area contributed by atoms with E-state index in [0.717, 1.165) is 98.3 Å². The van der Waals surface area contributed by atoms with Gasteiger partial charge in [-0.1, -0.05) is 97.1 Å². The summed E-state index contributed by atoms with van der Waals surface area (Å²) in [7, 11) is 0. The molecule has 0 radical (unpaired) electrons. The van der Waals surface area contributed by atoms with Gasteiger partial charge >= 0.3 is 0 Å². The summed E-state index contributed by atoms with van der Waals surface area (Å²) in [6.07, 6.45) is 3.92. The molecule has 8 rings (SSSR count). The van der Waals surface area contributed by atoms with Crippen LogP contribution < -0.4 is 24.6 Å². The second-order valence-corrected chi connectivity index (χ2v) is 13.6. The fourth-order valence-corrected chi connectivity index (χ4v) is 7.02. The Morgan fingerprint density at radius 3 is 1.79 bits per heavy atom. The Kier molecular flexibility index (Phi) is 10.4. The lowest BCUT2D eigenvalue weighted by atomic mass is 10.0. The van der Waals surface area contributed by atoms with Gasteiger partial charge in [-0.3, -0.25) is 4.90 Å². The Hall–Kier alpha value is -5.67. The first-order chi connectivity index (χ1) is 25.7. The third kappa shape index (κ3) is 8.27. The molecule has 0 amide bonds. The van der Waals surface area contributed by atoms with E-state index in [1.54, 1.807) is 0 Å². The van der Waals surface area contributed by atoms with Crippen LogP contribution in [0, 0.1) is 0 Å². The number of benzene rings is 4. The Morgan fingerprint density at radius 1 is 0.596 bits per heavy atom. The first-order valence-corrected chi connectivity index (χ1v) is 18.4. The maximum atomic E-state index is 6.50. The Morgan fingerprint density at radius 2 is 1.17 bits per heavy atom. The first-order valence-electron chi connectivity index (χ1n) is 18.4. The molecule has 0 unspecified atom stereocenters. The highest BCUT2D eigenvalue weighted by molar-refractivity contribution is 5.93. The average molecular weight is 692 g/mol. The first kappa shape index (κ1) is 33.5. The van der Waals surface area contributed by atoms with Crippen molar-refractivity contribution < 1.29 is 9.47 Å². The molecule has 1 N–H and O–H groups in total. The smallest absolute Gasteiger partial charge is 0.228 e. The van der Waals surface area contributed by atoms with E-state index in [2.05, 4.69) is 91.7 Å². The number of hydrogen-bond donors (Lipinski definition) is 1. The van der Waals surface area contributed by atoms with Crippen LogP contribution in [-0.2, 0) is 19.8 Å². The lowest BCUT2D eigenvalue weighted by Gasteiger charge is -2.36. The third-order valence-electron chi connectivity index (χ3n) is 9.94. The number of pyridine rings is 1. The van der Waals surface area contributed by atoms with Crippen LogP contribution in [0.25, 0.3) is 10.9 Å². The molecule has 9 nitrogen and oxygen atoms in total.